The Bertz CT molecular complexity index is 2900. The van der Waals surface area contributed by atoms with Crippen molar-refractivity contribution in [1.29, 1.82) is 10.5 Å². The molecule has 0 amide bonds. The Morgan fingerprint density at radius 1 is 0.742 bits per heavy atom. The van der Waals surface area contributed by atoms with E-state index in [0.717, 1.165) is 36.3 Å². The minimum atomic E-state index is -0.114. The third kappa shape index (κ3) is 5.99. The molecule has 8 aliphatic rings. The van der Waals surface area contributed by atoms with Gasteiger partial charge in [0.05, 0.1) is 29.3 Å². The molecule has 0 heterocycles. The van der Waals surface area contributed by atoms with Gasteiger partial charge in [-0.25, -0.2) is 0 Å². The maximum absolute atomic E-state index is 9.94. The third-order valence-corrected chi connectivity index (χ3v) is 15.0. The molecular weight excluding hydrogens is 753 g/mol. The molecule has 4 heteroatoms. The van der Waals surface area contributed by atoms with Gasteiger partial charge in [0.25, 0.3) is 0 Å². The van der Waals surface area contributed by atoms with Gasteiger partial charge in [0.2, 0.25) is 0 Å². The van der Waals surface area contributed by atoms with Gasteiger partial charge in [-0.15, -0.1) is 0 Å². The molecule has 0 radical (unpaired) electrons. The largest absolute Gasteiger partial charge is 0.314 e. The molecule has 4 nitrogen and oxygen atoms in total. The summed E-state index contributed by atoms with van der Waals surface area (Å²) in [5, 5.41) is 22.2. The Morgan fingerprint density at radius 3 is 2.35 bits per heavy atom. The summed E-state index contributed by atoms with van der Waals surface area (Å²) in [5.74, 6) is 1.39. The van der Waals surface area contributed by atoms with E-state index in [1.165, 1.54) is 55.7 Å². The Balaban J connectivity index is 1.17. The van der Waals surface area contributed by atoms with Crippen LogP contribution in [-0.4, -0.2) is 4.90 Å². The van der Waals surface area contributed by atoms with Crippen LogP contribution in [0.25, 0.3) is 10.8 Å². The van der Waals surface area contributed by atoms with Crippen molar-refractivity contribution in [1.82, 2.24) is 4.90 Å². The fourth-order valence-electron chi connectivity index (χ4n) is 11.9. The molecule has 0 aromatic heterocycles. The predicted molar refractivity (Wildman–Crippen MR) is 252 cm³/mol. The van der Waals surface area contributed by atoms with Crippen LogP contribution in [0, 0.1) is 69.5 Å². The van der Waals surface area contributed by atoms with Crippen LogP contribution in [-0.2, 0) is 0 Å². The number of hydrogen-bond donors (Lipinski definition) is 0. The smallest absolute Gasteiger partial charge is 0.0991 e. The molecule has 0 saturated carbocycles. The van der Waals surface area contributed by atoms with Crippen molar-refractivity contribution in [2.45, 2.75) is 53.4 Å². The van der Waals surface area contributed by atoms with Crippen LogP contribution in [0.2, 0.25) is 0 Å². The molecule has 62 heavy (non-hydrogen) atoms. The van der Waals surface area contributed by atoms with Crippen molar-refractivity contribution in [3.63, 3.8) is 0 Å². The SMILES string of the molecule is CC(C)C1=CC(N(c2ccc(C#N)cc2)c2cccc3ccccc23)=C2C=C3C4=C(C=C(N(C5=CCC(C#N)C=C5)C5=C6C=CC=CC6CC=C5)C5C=CC1C2C45)CCC3(C)C. The summed E-state index contributed by atoms with van der Waals surface area (Å²) in [7, 11) is 0. The zero-order valence-corrected chi connectivity index (χ0v) is 36.1. The minimum Gasteiger partial charge on any atom is -0.314 e. The fraction of sp³-hybridized carbons (Fsp3) is 0.276. The van der Waals surface area contributed by atoms with Gasteiger partial charge >= 0.3 is 0 Å². The van der Waals surface area contributed by atoms with Gasteiger partial charge in [-0.1, -0.05) is 130 Å². The highest BCUT2D eigenvalue weighted by molar-refractivity contribution is 5.97. The van der Waals surface area contributed by atoms with E-state index in [1.807, 2.05) is 12.1 Å². The summed E-state index contributed by atoms with van der Waals surface area (Å²) >= 11 is 0. The lowest BCUT2D eigenvalue weighted by atomic mass is 9.50. The van der Waals surface area contributed by atoms with Crippen LogP contribution < -0.4 is 4.90 Å². The number of benzene rings is 3. The van der Waals surface area contributed by atoms with Crippen molar-refractivity contribution < 1.29 is 0 Å². The standard InChI is InChI=1S/C58H52N4/c1-36(2)48-33-54(62(43-25-21-38(35-60)22-26-43)52-18-10-14-40-12-6-8-16-45(40)52)49-32-50-55-41(29-30-58(50,3)4)31-53(47-28-27-46(48)56(49)57(47)55)61(42-23-19-37(34-59)20-24-42)51-17-9-13-39-11-5-7-15-44(39)51/h5-12,14-19,21-28,31-33,36-37,39,46-47,56-57H,13,20,29-30H2,1-4H3. The lowest BCUT2D eigenvalue weighted by Gasteiger charge is -2.56. The molecule has 6 unspecified atom stereocenters. The van der Waals surface area contributed by atoms with Gasteiger partial charge in [-0.05, 0) is 125 Å². The van der Waals surface area contributed by atoms with Crippen molar-refractivity contribution in [2.24, 2.45) is 46.8 Å². The summed E-state index contributed by atoms with van der Waals surface area (Å²) < 4.78 is 0. The maximum atomic E-state index is 9.94. The van der Waals surface area contributed by atoms with E-state index in [1.54, 1.807) is 5.57 Å². The van der Waals surface area contributed by atoms with Crippen LogP contribution in [0.3, 0.4) is 0 Å². The fourth-order valence-corrected chi connectivity index (χ4v) is 11.9. The quantitative estimate of drug-likeness (QED) is 0.223. The normalized spacial score (nSPS) is 27.2. The van der Waals surface area contributed by atoms with E-state index in [4.69, 9.17) is 0 Å². The molecule has 0 fully saturated rings. The van der Waals surface area contributed by atoms with Crippen molar-refractivity contribution in [3.05, 3.63) is 214 Å². The van der Waals surface area contributed by atoms with Gasteiger partial charge in [-0.2, -0.15) is 10.5 Å². The average molecular weight is 805 g/mol. The first-order valence-electron chi connectivity index (χ1n) is 22.7. The van der Waals surface area contributed by atoms with Crippen LogP contribution >= 0.6 is 0 Å². The second-order valence-electron chi connectivity index (χ2n) is 19.2. The third-order valence-electron chi connectivity index (χ3n) is 15.0. The van der Waals surface area contributed by atoms with E-state index >= 15 is 0 Å². The number of hydrogen-bond acceptors (Lipinski definition) is 4. The summed E-state index contributed by atoms with van der Waals surface area (Å²) in [4.78, 5) is 5.10. The molecule has 3 aromatic rings. The molecule has 8 aliphatic carbocycles. The van der Waals surface area contributed by atoms with Gasteiger partial charge in [0.1, 0.15) is 0 Å². The molecule has 0 saturated heterocycles. The highest BCUT2D eigenvalue weighted by Gasteiger charge is 2.54. The van der Waals surface area contributed by atoms with Gasteiger partial charge in [0.15, 0.2) is 0 Å². The number of rotatable bonds is 7. The van der Waals surface area contributed by atoms with Gasteiger partial charge in [0, 0.05) is 63.5 Å². The van der Waals surface area contributed by atoms with Gasteiger partial charge in [-0.3, -0.25) is 0 Å². The van der Waals surface area contributed by atoms with E-state index in [0.29, 0.717) is 23.8 Å². The number of anilines is 2. The van der Waals surface area contributed by atoms with Crippen molar-refractivity contribution >= 4 is 22.1 Å². The van der Waals surface area contributed by atoms with Crippen LogP contribution in [0.1, 0.15) is 58.9 Å². The predicted octanol–water partition coefficient (Wildman–Crippen LogP) is 13.9. The Hall–Kier alpha value is -6.62. The number of nitriles is 2. The highest BCUT2D eigenvalue weighted by atomic mass is 15.2. The van der Waals surface area contributed by atoms with E-state index in [2.05, 4.69) is 189 Å². The first kappa shape index (κ1) is 38.3. The zero-order valence-electron chi connectivity index (χ0n) is 36.1. The number of allylic oxidation sites excluding steroid dienone is 20. The molecule has 0 spiro atoms. The lowest BCUT2D eigenvalue weighted by Crippen LogP contribution is -2.47. The van der Waals surface area contributed by atoms with E-state index in [9.17, 15) is 10.5 Å². The highest BCUT2D eigenvalue weighted by Crippen LogP contribution is 2.64. The molecule has 0 bridgehead atoms. The second-order valence-corrected chi connectivity index (χ2v) is 19.2. The molecule has 304 valence electrons. The molecule has 0 N–H and O–H groups in total. The molecule has 11 rings (SSSR count). The summed E-state index contributed by atoms with van der Waals surface area (Å²) in [5.41, 5.74) is 16.6. The van der Waals surface area contributed by atoms with Crippen LogP contribution in [0.4, 0.5) is 11.4 Å². The van der Waals surface area contributed by atoms with Crippen molar-refractivity contribution in [2.75, 3.05) is 4.90 Å². The summed E-state index contributed by atoms with van der Waals surface area (Å²) in [6.07, 6.45) is 37.1. The first-order valence-corrected chi connectivity index (χ1v) is 22.7. The first-order chi connectivity index (χ1) is 30.2. The van der Waals surface area contributed by atoms with Crippen molar-refractivity contribution in [3.8, 4) is 12.1 Å². The maximum Gasteiger partial charge on any atom is 0.0991 e. The second kappa shape index (κ2) is 14.8. The van der Waals surface area contributed by atoms with E-state index < -0.39 is 0 Å². The molecule has 3 aromatic carbocycles. The summed E-state index contributed by atoms with van der Waals surface area (Å²) in [6, 6.07) is 28.4. The Morgan fingerprint density at radius 2 is 1.56 bits per heavy atom. The lowest BCUT2D eigenvalue weighted by molar-refractivity contribution is 0.242. The molecule has 0 aliphatic heterocycles. The number of fused-ring (bicyclic) bond motifs is 2. The Labute approximate surface area is 366 Å². The Kier molecular flexibility index (Phi) is 9.14. The van der Waals surface area contributed by atoms with Gasteiger partial charge < -0.3 is 9.80 Å². The average Bonchev–Trinajstić information content (AvgIpc) is 3.31. The van der Waals surface area contributed by atoms with Crippen LogP contribution in [0.15, 0.2) is 208 Å². The summed E-state index contributed by atoms with van der Waals surface area (Å²) in [6.45, 7) is 9.67. The molecular formula is C58H52N4. The minimum absolute atomic E-state index is 0.000983. The topological polar surface area (TPSA) is 54.1 Å². The van der Waals surface area contributed by atoms with E-state index in [-0.39, 0.29) is 35.0 Å². The number of nitrogens with zero attached hydrogens (tertiary/aromatic N) is 4. The monoisotopic (exact) mass is 804 g/mol. The zero-order chi connectivity index (χ0) is 42.3. The van der Waals surface area contributed by atoms with Crippen LogP contribution in [0.5, 0.6) is 0 Å². The molecule has 6 atom stereocenters.